The second-order valence-corrected chi connectivity index (χ2v) is 5.33. The molecule has 1 unspecified atom stereocenters. The number of hydrogen-bond acceptors (Lipinski definition) is 5. The van der Waals surface area contributed by atoms with Crippen LogP contribution in [0.4, 0.5) is 0 Å². The van der Waals surface area contributed by atoms with E-state index in [2.05, 4.69) is 0 Å². The lowest BCUT2D eigenvalue weighted by Gasteiger charge is -2.12. The lowest BCUT2D eigenvalue weighted by atomic mass is 10.0. The molecule has 4 nitrogen and oxygen atoms in total. The average molecular weight is 293 g/mol. The van der Waals surface area contributed by atoms with Gasteiger partial charge in [-0.3, -0.25) is 0 Å². The van der Waals surface area contributed by atoms with Crippen LogP contribution >= 0.6 is 11.3 Å². The Morgan fingerprint density at radius 2 is 1.80 bits per heavy atom. The van der Waals surface area contributed by atoms with Crippen molar-refractivity contribution in [2.24, 2.45) is 5.73 Å². The van der Waals surface area contributed by atoms with Crippen molar-refractivity contribution in [2.45, 2.75) is 12.5 Å². The Balaban J connectivity index is 2.12. The van der Waals surface area contributed by atoms with E-state index in [9.17, 15) is 0 Å². The maximum absolute atomic E-state index is 6.24. The van der Waals surface area contributed by atoms with E-state index < -0.39 is 0 Å². The third-order valence-corrected chi connectivity index (χ3v) is 4.14. The highest BCUT2D eigenvalue weighted by Gasteiger charge is 2.12. The Kier molecular flexibility index (Phi) is 4.87. The number of benzene rings is 1. The summed E-state index contributed by atoms with van der Waals surface area (Å²) in [5.74, 6) is 2.30. The van der Waals surface area contributed by atoms with Crippen molar-refractivity contribution >= 4 is 11.3 Å². The largest absolute Gasteiger partial charge is 0.496 e. The third-order valence-electron chi connectivity index (χ3n) is 3.10. The summed E-state index contributed by atoms with van der Waals surface area (Å²) in [5.41, 5.74) is 7.35. The molecule has 0 aliphatic carbocycles. The van der Waals surface area contributed by atoms with Crippen molar-refractivity contribution in [1.29, 1.82) is 0 Å². The van der Waals surface area contributed by atoms with Crippen LogP contribution in [0.3, 0.4) is 0 Å². The molecule has 0 saturated carbocycles. The highest BCUT2D eigenvalue weighted by Crippen LogP contribution is 2.31. The molecule has 0 spiro atoms. The Hall–Kier alpha value is -1.72. The van der Waals surface area contributed by atoms with Crippen LogP contribution in [0.1, 0.15) is 16.5 Å². The molecule has 1 heterocycles. The molecule has 0 aliphatic rings. The van der Waals surface area contributed by atoms with Crippen LogP contribution in [0.5, 0.6) is 17.2 Å². The fraction of sp³-hybridized carbons (Fsp3) is 0.333. The highest BCUT2D eigenvalue weighted by atomic mass is 32.1. The molecule has 5 heteroatoms. The molecule has 0 bridgehead atoms. The van der Waals surface area contributed by atoms with Gasteiger partial charge in [0.1, 0.15) is 5.75 Å². The van der Waals surface area contributed by atoms with E-state index in [0.717, 1.165) is 34.1 Å². The zero-order chi connectivity index (χ0) is 14.5. The van der Waals surface area contributed by atoms with Gasteiger partial charge in [-0.15, -0.1) is 11.3 Å². The van der Waals surface area contributed by atoms with E-state index in [0.29, 0.717) is 0 Å². The number of thiophene rings is 1. The summed E-state index contributed by atoms with van der Waals surface area (Å²) in [4.78, 5) is 1.11. The normalized spacial score (nSPS) is 12.0. The second kappa shape index (κ2) is 6.63. The van der Waals surface area contributed by atoms with Gasteiger partial charge in [0.2, 0.25) is 0 Å². The smallest absolute Gasteiger partial charge is 0.160 e. The molecular weight excluding hydrogens is 274 g/mol. The van der Waals surface area contributed by atoms with Crippen molar-refractivity contribution in [2.75, 3.05) is 21.3 Å². The average Bonchev–Trinajstić information content (AvgIpc) is 2.96. The van der Waals surface area contributed by atoms with Crippen LogP contribution in [0.15, 0.2) is 29.6 Å². The molecule has 0 saturated heterocycles. The van der Waals surface area contributed by atoms with E-state index in [-0.39, 0.29) is 6.04 Å². The predicted octanol–water partition coefficient (Wildman–Crippen LogP) is 3.02. The van der Waals surface area contributed by atoms with Gasteiger partial charge in [0.15, 0.2) is 11.5 Å². The van der Waals surface area contributed by atoms with Gasteiger partial charge in [0, 0.05) is 16.3 Å². The van der Waals surface area contributed by atoms with Crippen LogP contribution in [0, 0.1) is 0 Å². The first-order chi connectivity index (χ1) is 9.67. The van der Waals surface area contributed by atoms with Gasteiger partial charge < -0.3 is 19.9 Å². The van der Waals surface area contributed by atoms with Crippen LogP contribution in [0.2, 0.25) is 0 Å². The third kappa shape index (κ3) is 3.23. The zero-order valence-electron chi connectivity index (χ0n) is 11.9. The number of ether oxygens (including phenoxy) is 3. The first kappa shape index (κ1) is 14.7. The molecular formula is C15H19NO3S. The van der Waals surface area contributed by atoms with E-state index in [1.165, 1.54) is 0 Å². The van der Waals surface area contributed by atoms with E-state index in [1.807, 2.05) is 29.6 Å². The van der Waals surface area contributed by atoms with Crippen molar-refractivity contribution in [3.8, 4) is 17.2 Å². The molecule has 1 aromatic carbocycles. The maximum Gasteiger partial charge on any atom is 0.160 e. The molecule has 0 fully saturated rings. The van der Waals surface area contributed by atoms with Gasteiger partial charge in [-0.25, -0.2) is 0 Å². The molecule has 1 aromatic heterocycles. The van der Waals surface area contributed by atoms with Gasteiger partial charge in [-0.05, 0) is 30.2 Å². The molecule has 2 rings (SSSR count). The lowest BCUT2D eigenvalue weighted by Crippen LogP contribution is -2.11. The minimum absolute atomic E-state index is 0.0537. The molecule has 108 valence electrons. The SMILES string of the molecule is COc1csc(C(N)Cc2ccc(OC)c(OC)c2)c1. The predicted molar refractivity (Wildman–Crippen MR) is 81.0 cm³/mol. The Bertz CT molecular complexity index is 568. The van der Waals surface area contributed by atoms with Gasteiger partial charge in [-0.1, -0.05) is 6.07 Å². The monoisotopic (exact) mass is 293 g/mol. The summed E-state index contributed by atoms with van der Waals surface area (Å²) in [6, 6.07) is 7.80. The quantitative estimate of drug-likeness (QED) is 0.889. The molecule has 2 N–H and O–H groups in total. The van der Waals surface area contributed by atoms with Gasteiger partial charge in [-0.2, -0.15) is 0 Å². The molecule has 2 aromatic rings. The van der Waals surface area contributed by atoms with Crippen molar-refractivity contribution in [3.05, 3.63) is 40.1 Å². The van der Waals surface area contributed by atoms with E-state index >= 15 is 0 Å². The second-order valence-electron chi connectivity index (χ2n) is 4.39. The summed E-state index contributed by atoms with van der Waals surface area (Å²) in [6.07, 6.45) is 0.740. The zero-order valence-corrected chi connectivity index (χ0v) is 12.7. The molecule has 0 radical (unpaired) electrons. The van der Waals surface area contributed by atoms with E-state index in [4.69, 9.17) is 19.9 Å². The topological polar surface area (TPSA) is 53.7 Å². The number of rotatable bonds is 6. The van der Waals surface area contributed by atoms with Crippen molar-refractivity contribution in [1.82, 2.24) is 0 Å². The summed E-state index contributed by atoms with van der Waals surface area (Å²) in [7, 11) is 4.92. The Labute approximate surface area is 123 Å². The number of nitrogens with two attached hydrogens (primary N) is 1. The van der Waals surface area contributed by atoms with Crippen molar-refractivity contribution in [3.63, 3.8) is 0 Å². The Morgan fingerprint density at radius 1 is 1.05 bits per heavy atom. The van der Waals surface area contributed by atoms with E-state index in [1.54, 1.807) is 32.7 Å². The van der Waals surface area contributed by atoms with Crippen LogP contribution in [0.25, 0.3) is 0 Å². The summed E-state index contributed by atoms with van der Waals surface area (Å²) >= 11 is 1.61. The van der Waals surface area contributed by atoms with Gasteiger partial charge >= 0.3 is 0 Å². The summed E-state index contributed by atoms with van der Waals surface area (Å²) in [5, 5.41) is 1.96. The van der Waals surface area contributed by atoms with Gasteiger partial charge in [0.25, 0.3) is 0 Å². The highest BCUT2D eigenvalue weighted by molar-refractivity contribution is 7.10. The molecule has 0 aliphatic heterocycles. The standard InChI is InChI=1S/C15H19NO3S/c1-17-11-8-15(20-9-11)12(16)6-10-4-5-13(18-2)14(7-10)19-3/h4-5,7-9,12H,6,16H2,1-3H3. The van der Waals surface area contributed by atoms with Crippen LogP contribution in [-0.4, -0.2) is 21.3 Å². The molecule has 20 heavy (non-hydrogen) atoms. The van der Waals surface area contributed by atoms with Crippen LogP contribution in [-0.2, 0) is 6.42 Å². The number of hydrogen-bond donors (Lipinski definition) is 1. The minimum Gasteiger partial charge on any atom is -0.496 e. The summed E-state index contributed by atoms with van der Waals surface area (Å²) in [6.45, 7) is 0. The first-order valence-electron chi connectivity index (χ1n) is 6.26. The first-order valence-corrected chi connectivity index (χ1v) is 7.14. The maximum atomic E-state index is 6.24. The molecule has 0 amide bonds. The minimum atomic E-state index is -0.0537. The fourth-order valence-corrected chi connectivity index (χ4v) is 2.86. The number of methoxy groups -OCH3 is 3. The van der Waals surface area contributed by atoms with Gasteiger partial charge in [0.05, 0.1) is 21.3 Å². The lowest BCUT2D eigenvalue weighted by molar-refractivity contribution is 0.354. The Morgan fingerprint density at radius 3 is 2.40 bits per heavy atom. The van der Waals surface area contributed by atoms with Crippen molar-refractivity contribution < 1.29 is 14.2 Å². The fourth-order valence-electron chi connectivity index (χ4n) is 2.00. The van der Waals surface area contributed by atoms with Crippen LogP contribution < -0.4 is 19.9 Å². The summed E-state index contributed by atoms with van der Waals surface area (Å²) < 4.78 is 15.7. The molecule has 1 atom stereocenters.